The van der Waals surface area contributed by atoms with Crippen molar-refractivity contribution in [2.75, 3.05) is 46.4 Å². The Morgan fingerprint density at radius 3 is 2.03 bits per heavy atom. The second-order valence-electron chi connectivity index (χ2n) is 8.57. The van der Waals surface area contributed by atoms with Crippen LogP contribution in [0.4, 0.5) is 26.3 Å². The van der Waals surface area contributed by atoms with Crippen molar-refractivity contribution >= 4 is 5.97 Å². The Kier molecular flexibility index (Phi) is 9.17. The third-order valence-corrected chi connectivity index (χ3v) is 6.04. The smallest absolute Gasteiger partial charge is 0.416 e. The Hall–Kier alpha value is -3.14. The largest absolute Gasteiger partial charge is 0.468 e. The highest BCUT2D eigenvalue weighted by molar-refractivity contribution is 5.71. The SMILES string of the molecule is COC(=O)CN1CCN(C(COCc2cc(C(F)(F)F)cc(C(F)(F)F)c2)c2ccc(C#N)cc2)CC1. The summed E-state index contributed by atoms with van der Waals surface area (Å²) in [5, 5.41) is 9.08. The van der Waals surface area contributed by atoms with Gasteiger partial charge in [-0.15, -0.1) is 0 Å². The Balaban J connectivity index is 1.75. The minimum atomic E-state index is -4.94. The lowest BCUT2D eigenvalue weighted by atomic mass is 10.0. The van der Waals surface area contributed by atoms with Crippen LogP contribution >= 0.6 is 0 Å². The summed E-state index contributed by atoms with van der Waals surface area (Å²) in [5.74, 6) is -0.361. The van der Waals surface area contributed by atoms with E-state index in [0.717, 1.165) is 5.56 Å². The minimum absolute atomic E-state index is 0.0134. The Morgan fingerprint density at radius 1 is 0.973 bits per heavy atom. The van der Waals surface area contributed by atoms with Gasteiger partial charge in [-0.1, -0.05) is 12.1 Å². The molecule has 37 heavy (non-hydrogen) atoms. The first-order valence-electron chi connectivity index (χ1n) is 11.3. The van der Waals surface area contributed by atoms with Crippen LogP contribution in [0.25, 0.3) is 0 Å². The molecule has 1 fully saturated rings. The van der Waals surface area contributed by atoms with Gasteiger partial charge in [0.2, 0.25) is 0 Å². The summed E-state index contributed by atoms with van der Waals surface area (Å²) in [6, 6.07) is 9.75. The van der Waals surface area contributed by atoms with E-state index < -0.39 is 30.1 Å². The third kappa shape index (κ3) is 7.92. The van der Waals surface area contributed by atoms with E-state index in [1.165, 1.54) is 7.11 Å². The van der Waals surface area contributed by atoms with Crippen LogP contribution in [0.15, 0.2) is 42.5 Å². The van der Waals surface area contributed by atoms with Crippen LogP contribution in [0.5, 0.6) is 0 Å². The van der Waals surface area contributed by atoms with Crippen molar-refractivity contribution in [1.29, 1.82) is 5.26 Å². The predicted molar refractivity (Wildman–Crippen MR) is 120 cm³/mol. The number of nitriles is 1. The average Bonchev–Trinajstić information content (AvgIpc) is 2.86. The summed E-state index contributed by atoms with van der Waals surface area (Å²) in [5.41, 5.74) is -1.82. The van der Waals surface area contributed by atoms with Gasteiger partial charge in [0.05, 0.1) is 55.7 Å². The summed E-state index contributed by atoms with van der Waals surface area (Å²) in [6.45, 7) is 1.83. The van der Waals surface area contributed by atoms with Gasteiger partial charge in [-0.3, -0.25) is 14.6 Å². The zero-order valence-electron chi connectivity index (χ0n) is 19.9. The lowest BCUT2D eigenvalue weighted by Crippen LogP contribution is -2.49. The van der Waals surface area contributed by atoms with Gasteiger partial charge >= 0.3 is 18.3 Å². The number of alkyl halides is 6. The third-order valence-electron chi connectivity index (χ3n) is 6.04. The van der Waals surface area contributed by atoms with E-state index in [-0.39, 0.29) is 36.8 Å². The number of methoxy groups -OCH3 is 1. The number of rotatable bonds is 8. The first-order valence-corrected chi connectivity index (χ1v) is 11.3. The van der Waals surface area contributed by atoms with Crippen molar-refractivity contribution in [2.45, 2.75) is 25.0 Å². The number of benzene rings is 2. The Bertz CT molecular complexity index is 1070. The van der Waals surface area contributed by atoms with Crippen molar-refractivity contribution < 1.29 is 40.6 Å². The predicted octanol–water partition coefficient (Wildman–Crippen LogP) is 4.64. The lowest BCUT2D eigenvalue weighted by Gasteiger charge is -2.39. The maximum Gasteiger partial charge on any atom is 0.416 e. The molecule has 1 atom stereocenters. The molecule has 0 aromatic heterocycles. The van der Waals surface area contributed by atoms with Gasteiger partial charge in [-0.2, -0.15) is 31.6 Å². The maximum atomic E-state index is 13.2. The van der Waals surface area contributed by atoms with Gasteiger partial charge in [0, 0.05) is 26.2 Å². The lowest BCUT2D eigenvalue weighted by molar-refractivity contribution is -0.144. The van der Waals surface area contributed by atoms with Gasteiger partial charge in [-0.05, 0) is 41.5 Å². The van der Waals surface area contributed by atoms with E-state index in [2.05, 4.69) is 4.90 Å². The second kappa shape index (κ2) is 11.9. The summed E-state index contributed by atoms with van der Waals surface area (Å²) >= 11 is 0. The van der Waals surface area contributed by atoms with Crippen LogP contribution in [0.2, 0.25) is 0 Å². The summed E-state index contributed by atoms with van der Waals surface area (Å²) in [7, 11) is 1.30. The van der Waals surface area contributed by atoms with Crippen molar-refractivity contribution in [2.24, 2.45) is 0 Å². The number of carbonyl (C=O) groups excluding carboxylic acids is 1. The molecule has 1 saturated heterocycles. The molecular weight excluding hydrogens is 504 g/mol. The summed E-state index contributed by atoms with van der Waals surface area (Å²) < 4.78 is 89.4. The molecule has 0 N–H and O–H groups in total. The van der Waals surface area contributed by atoms with Gasteiger partial charge in [-0.25, -0.2) is 0 Å². The standard InChI is InChI=1S/C25H25F6N3O3/c1-36-23(35)14-33-6-8-34(9-7-33)22(19-4-2-17(13-32)3-5-19)16-37-15-18-10-20(24(26,27)28)12-21(11-18)25(29,30)31/h2-5,10-12,22H,6-9,14-16H2,1H3. The molecule has 1 heterocycles. The molecule has 0 aliphatic carbocycles. The Labute approximate surface area is 210 Å². The van der Waals surface area contributed by atoms with Crippen molar-refractivity contribution in [3.05, 3.63) is 70.3 Å². The monoisotopic (exact) mass is 529 g/mol. The number of nitrogens with zero attached hydrogens (tertiary/aromatic N) is 3. The van der Waals surface area contributed by atoms with Crippen LogP contribution in [-0.4, -0.2) is 62.2 Å². The van der Waals surface area contributed by atoms with E-state index in [0.29, 0.717) is 43.9 Å². The highest BCUT2D eigenvalue weighted by Crippen LogP contribution is 2.36. The van der Waals surface area contributed by atoms with E-state index in [1.54, 1.807) is 24.3 Å². The fourth-order valence-electron chi connectivity index (χ4n) is 4.06. The molecule has 12 heteroatoms. The van der Waals surface area contributed by atoms with E-state index >= 15 is 0 Å². The summed E-state index contributed by atoms with van der Waals surface area (Å²) in [4.78, 5) is 15.5. The van der Waals surface area contributed by atoms with Crippen LogP contribution in [0.1, 0.15) is 33.9 Å². The van der Waals surface area contributed by atoms with Gasteiger partial charge in [0.25, 0.3) is 0 Å². The second-order valence-corrected chi connectivity index (χ2v) is 8.57. The average molecular weight is 529 g/mol. The molecular formula is C25H25F6N3O3. The normalized spacial score (nSPS) is 16.3. The highest BCUT2D eigenvalue weighted by atomic mass is 19.4. The number of esters is 1. The molecule has 6 nitrogen and oxygen atoms in total. The van der Waals surface area contributed by atoms with E-state index in [4.69, 9.17) is 14.7 Å². The van der Waals surface area contributed by atoms with Crippen molar-refractivity contribution in [3.63, 3.8) is 0 Å². The zero-order valence-corrected chi connectivity index (χ0v) is 19.9. The fourth-order valence-corrected chi connectivity index (χ4v) is 4.06. The van der Waals surface area contributed by atoms with Crippen molar-refractivity contribution in [3.8, 4) is 6.07 Å². The number of halogens is 6. The van der Waals surface area contributed by atoms with Crippen molar-refractivity contribution in [1.82, 2.24) is 9.80 Å². The maximum absolute atomic E-state index is 13.2. The van der Waals surface area contributed by atoms with Gasteiger partial charge in [0.1, 0.15) is 0 Å². The minimum Gasteiger partial charge on any atom is -0.468 e. The number of piperazine rings is 1. The topological polar surface area (TPSA) is 65.8 Å². The van der Waals surface area contributed by atoms with Gasteiger partial charge in [0.15, 0.2) is 0 Å². The van der Waals surface area contributed by atoms with Crippen LogP contribution in [-0.2, 0) is 33.2 Å². The van der Waals surface area contributed by atoms with E-state index in [9.17, 15) is 31.1 Å². The zero-order chi connectivity index (χ0) is 27.2. The molecule has 2 aromatic rings. The molecule has 2 aromatic carbocycles. The number of ether oxygens (including phenoxy) is 2. The molecule has 200 valence electrons. The number of carbonyl (C=O) groups is 1. The fraction of sp³-hybridized carbons (Fsp3) is 0.440. The molecule has 0 bridgehead atoms. The highest BCUT2D eigenvalue weighted by Gasteiger charge is 2.37. The van der Waals surface area contributed by atoms with Crippen LogP contribution < -0.4 is 0 Å². The summed E-state index contributed by atoms with van der Waals surface area (Å²) in [6.07, 6.45) is -9.88. The number of hydrogen-bond acceptors (Lipinski definition) is 6. The Morgan fingerprint density at radius 2 is 1.54 bits per heavy atom. The number of hydrogen-bond donors (Lipinski definition) is 0. The molecule has 1 unspecified atom stereocenters. The molecule has 1 aliphatic heterocycles. The van der Waals surface area contributed by atoms with Gasteiger partial charge < -0.3 is 9.47 Å². The molecule has 0 amide bonds. The first kappa shape index (κ1) is 28.4. The first-order chi connectivity index (χ1) is 17.4. The molecule has 0 spiro atoms. The quantitative estimate of drug-likeness (QED) is 0.367. The molecule has 3 rings (SSSR count). The van der Waals surface area contributed by atoms with Crippen LogP contribution in [0.3, 0.4) is 0 Å². The van der Waals surface area contributed by atoms with Crippen LogP contribution in [0, 0.1) is 11.3 Å². The molecule has 0 saturated carbocycles. The molecule has 1 aliphatic rings. The molecule has 0 radical (unpaired) electrons. The van der Waals surface area contributed by atoms with E-state index in [1.807, 2.05) is 11.0 Å².